The fourth-order valence-electron chi connectivity index (χ4n) is 1.90. The summed E-state index contributed by atoms with van der Waals surface area (Å²) < 4.78 is 6.35. The number of hydrogen-bond acceptors (Lipinski definition) is 4. The maximum absolute atomic E-state index is 11.9. The third kappa shape index (κ3) is 4.14. The highest BCUT2D eigenvalue weighted by atomic mass is 79.9. The Morgan fingerprint density at radius 3 is 2.70 bits per heavy atom. The van der Waals surface area contributed by atoms with Crippen molar-refractivity contribution in [2.24, 2.45) is 0 Å². The second-order valence-electron chi connectivity index (χ2n) is 4.66. The Labute approximate surface area is 141 Å². The molecule has 6 heteroatoms. The van der Waals surface area contributed by atoms with Crippen molar-refractivity contribution in [1.29, 1.82) is 0 Å². The van der Waals surface area contributed by atoms with E-state index in [1.54, 1.807) is 6.08 Å². The molecule has 114 valence electrons. The summed E-state index contributed by atoms with van der Waals surface area (Å²) in [6.45, 7) is 0. The van der Waals surface area contributed by atoms with Gasteiger partial charge < -0.3 is 4.42 Å². The van der Waals surface area contributed by atoms with Gasteiger partial charge in [0.1, 0.15) is 0 Å². The monoisotopic (exact) mass is 369 g/mol. The van der Waals surface area contributed by atoms with E-state index >= 15 is 0 Å². The number of carbonyl (C=O) groups is 1. The first kappa shape index (κ1) is 15.2. The van der Waals surface area contributed by atoms with Gasteiger partial charge in [-0.2, -0.15) is 0 Å². The predicted octanol–water partition coefficient (Wildman–Crippen LogP) is 4.15. The number of nitrogens with one attached hydrogen (secondary N) is 1. The highest BCUT2D eigenvalue weighted by Gasteiger charge is 2.10. The van der Waals surface area contributed by atoms with Gasteiger partial charge in [-0.1, -0.05) is 57.4 Å². The van der Waals surface area contributed by atoms with Gasteiger partial charge in [0.2, 0.25) is 5.89 Å². The SMILES string of the molecule is O=C(/C=C/c1ccccc1)Nc1nnc(-c2cccc(Br)c2)o1. The van der Waals surface area contributed by atoms with Crippen LogP contribution in [0.5, 0.6) is 0 Å². The van der Waals surface area contributed by atoms with Crippen LogP contribution < -0.4 is 5.32 Å². The Morgan fingerprint density at radius 2 is 1.91 bits per heavy atom. The summed E-state index contributed by atoms with van der Waals surface area (Å²) in [4.78, 5) is 11.9. The van der Waals surface area contributed by atoms with Crippen LogP contribution >= 0.6 is 15.9 Å². The van der Waals surface area contributed by atoms with Crippen LogP contribution in [0.15, 0.2) is 69.6 Å². The molecule has 1 N–H and O–H groups in total. The highest BCUT2D eigenvalue weighted by molar-refractivity contribution is 9.10. The van der Waals surface area contributed by atoms with Crippen LogP contribution in [0.3, 0.4) is 0 Å². The van der Waals surface area contributed by atoms with Crippen molar-refractivity contribution >= 4 is 33.9 Å². The molecule has 0 spiro atoms. The lowest BCUT2D eigenvalue weighted by atomic mass is 10.2. The van der Waals surface area contributed by atoms with Crippen molar-refractivity contribution in [3.05, 3.63) is 70.7 Å². The smallest absolute Gasteiger partial charge is 0.322 e. The Kier molecular flexibility index (Phi) is 4.63. The van der Waals surface area contributed by atoms with Gasteiger partial charge in [-0.15, -0.1) is 5.10 Å². The summed E-state index contributed by atoms with van der Waals surface area (Å²) in [5.41, 5.74) is 1.70. The first-order chi connectivity index (χ1) is 11.2. The van der Waals surface area contributed by atoms with Crippen LogP contribution in [-0.4, -0.2) is 16.1 Å². The molecule has 0 radical (unpaired) electrons. The summed E-state index contributed by atoms with van der Waals surface area (Å²) in [6.07, 6.45) is 3.12. The maximum Gasteiger partial charge on any atom is 0.322 e. The van der Waals surface area contributed by atoms with E-state index in [9.17, 15) is 4.79 Å². The summed E-state index contributed by atoms with van der Waals surface area (Å²) >= 11 is 3.38. The molecule has 0 aliphatic heterocycles. The average molecular weight is 370 g/mol. The number of amides is 1. The zero-order chi connectivity index (χ0) is 16.1. The van der Waals surface area contributed by atoms with Crippen molar-refractivity contribution < 1.29 is 9.21 Å². The van der Waals surface area contributed by atoms with Crippen LogP contribution in [-0.2, 0) is 4.79 Å². The first-order valence-corrected chi connectivity index (χ1v) is 7.63. The molecule has 0 bridgehead atoms. The fraction of sp³-hybridized carbons (Fsp3) is 0. The Bertz CT molecular complexity index is 844. The van der Waals surface area contributed by atoms with E-state index in [1.165, 1.54) is 6.08 Å². The number of benzene rings is 2. The topological polar surface area (TPSA) is 68.0 Å². The molecule has 0 saturated carbocycles. The number of nitrogens with zero attached hydrogens (tertiary/aromatic N) is 2. The average Bonchev–Trinajstić information content (AvgIpc) is 3.02. The van der Waals surface area contributed by atoms with Crippen LogP contribution in [0.2, 0.25) is 0 Å². The van der Waals surface area contributed by atoms with Gasteiger partial charge in [-0.05, 0) is 29.8 Å². The molecule has 1 amide bonds. The molecule has 23 heavy (non-hydrogen) atoms. The summed E-state index contributed by atoms with van der Waals surface area (Å²) in [5.74, 6) is 0.00642. The Balaban J connectivity index is 1.67. The van der Waals surface area contributed by atoms with Gasteiger partial charge in [0.25, 0.3) is 5.91 Å². The van der Waals surface area contributed by atoms with Gasteiger partial charge in [0, 0.05) is 16.1 Å². The number of anilines is 1. The summed E-state index contributed by atoms with van der Waals surface area (Å²) in [7, 11) is 0. The number of carbonyl (C=O) groups excluding carboxylic acids is 1. The number of hydrogen-bond donors (Lipinski definition) is 1. The largest absolute Gasteiger partial charge is 0.403 e. The van der Waals surface area contributed by atoms with E-state index in [4.69, 9.17) is 4.42 Å². The summed E-state index contributed by atoms with van der Waals surface area (Å²) in [6, 6.07) is 17.1. The van der Waals surface area contributed by atoms with Crippen LogP contribution in [0.1, 0.15) is 5.56 Å². The molecule has 0 unspecified atom stereocenters. The van der Waals surface area contributed by atoms with Gasteiger partial charge in [0.05, 0.1) is 0 Å². The van der Waals surface area contributed by atoms with E-state index in [0.717, 1.165) is 15.6 Å². The second kappa shape index (κ2) is 7.02. The normalized spacial score (nSPS) is 10.8. The van der Waals surface area contributed by atoms with E-state index < -0.39 is 0 Å². The van der Waals surface area contributed by atoms with Gasteiger partial charge in [-0.3, -0.25) is 10.1 Å². The summed E-state index contributed by atoms with van der Waals surface area (Å²) in [5, 5.41) is 10.3. The van der Waals surface area contributed by atoms with E-state index in [2.05, 4.69) is 31.4 Å². The lowest BCUT2D eigenvalue weighted by Gasteiger charge is -1.96. The van der Waals surface area contributed by atoms with Gasteiger partial charge in [0.15, 0.2) is 0 Å². The molecule has 5 nitrogen and oxygen atoms in total. The van der Waals surface area contributed by atoms with Crippen molar-refractivity contribution in [2.75, 3.05) is 5.32 Å². The van der Waals surface area contributed by atoms with E-state index in [0.29, 0.717) is 5.89 Å². The van der Waals surface area contributed by atoms with Crippen LogP contribution in [0, 0.1) is 0 Å². The molecule has 3 rings (SSSR count). The van der Waals surface area contributed by atoms with Crippen molar-refractivity contribution in [2.45, 2.75) is 0 Å². The van der Waals surface area contributed by atoms with Gasteiger partial charge >= 0.3 is 6.01 Å². The van der Waals surface area contributed by atoms with Crippen molar-refractivity contribution in [3.63, 3.8) is 0 Å². The molecule has 3 aromatic rings. The second-order valence-corrected chi connectivity index (χ2v) is 5.57. The van der Waals surface area contributed by atoms with Crippen molar-refractivity contribution in [3.8, 4) is 11.5 Å². The maximum atomic E-state index is 11.9. The molecule has 1 heterocycles. The predicted molar refractivity (Wildman–Crippen MR) is 91.5 cm³/mol. The first-order valence-electron chi connectivity index (χ1n) is 6.84. The zero-order valence-electron chi connectivity index (χ0n) is 11.9. The minimum Gasteiger partial charge on any atom is -0.403 e. The molecule has 2 aromatic carbocycles. The molecule has 0 saturated heterocycles. The molecular formula is C17H12BrN3O2. The van der Waals surface area contributed by atoms with E-state index in [1.807, 2.05) is 54.6 Å². The quantitative estimate of drug-likeness (QED) is 0.701. The van der Waals surface area contributed by atoms with Crippen LogP contribution in [0.4, 0.5) is 6.01 Å². The molecule has 1 aromatic heterocycles. The minimum absolute atomic E-state index is 0.0580. The standard InChI is InChI=1S/C17H12BrN3O2/c18-14-8-4-7-13(11-14)16-20-21-17(23-16)19-15(22)10-9-12-5-2-1-3-6-12/h1-11H,(H,19,21,22)/b10-9+. The lowest BCUT2D eigenvalue weighted by molar-refractivity contribution is -0.112. The van der Waals surface area contributed by atoms with E-state index in [-0.39, 0.29) is 11.9 Å². The Morgan fingerprint density at radius 1 is 1.09 bits per heavy atom. The van der Waals surface area contributed by atoms with Crippen molar-refractivity contribution in [1.82, 2.24) is 10.2 Å². The fourth-order valence-corrected chi connectivity index (χ4v) is 2.29. The third-order valence-corrected chi connectivity index (χ3v) is 3.45. The Hall–Kier alpha value is -2.73. The lowest BCUT2D eigenvalue weighted by Crippen LogP contribution is -2.07. The highest BCUT2D eigenvalue weighted by Crippen LogP contribution is 2.22. The molecular weight excluding hydrogens is 358 g/mol. The third-order valence-electron chi connectivity index (χ3n) is 2.95. The number of rotatable bonds is 4. The zero-order valence-corrected chi connectivity index (χ0v) is 13.5. The number of aromatic nitrogens is 2. The number of halogens is 1. The van der Waals surface area contributed by atoms with Crippen LogP contribution in [0.25, 0.3) is 17.5 Å². The minimum atomic E-state index is -0.335. The molecule has 0 atom stereocenters. The molecule has 0 aliphatic rings. The molecule has 0 aliphatic carbocycles. The molecule has 0 fully saturated rings. The van der Waals surface area contributed by atoms with Gasteiger partial charge in [-0.25, -0.2) is 0 Å².